The normalized spacial score (nSPS) is 31.5. The molecule has 12 heteroatoms. The van der Waals surface area contributed by atoms with Crippen LogP contribution in [-0.4, -0.2) is 80.5 Å². The van der Waals surface area contributed by atoms with Crippen molar-refractivity contribution in [3.8, 4) is 0 Å². The van der Waals surface area contributed by atoms with Gasteiger partial charge in [-0.2, -0.15) is 5.10 Å². The first-order valence-corrected chi connectivity index (χ1v) is 9.28. The summed E-state index contributed by atoms with van der Waals surface area (Å²) in [6, 6.07) is 3.31. The smallest absolute Gasteiger partial charge is 0.347 e. The number of nitrogens with two attached hydrogens (primary N) is 1. The molecular weight excluding hydrogens is 398 g/mol. The van der Waals surface area contributed by atoms with Gasteiger partial charge in [-0.1, -0.05) is 0 Å². The summed E-state index contributed by atoms with van der Waals surface area (Å²) in [6.07, 6.45) is -1.97. The van der Waals surface area contributed by atoms with E-state index in [4.69, 9.17) is 19.9 Å². The third-order valence-electron chi connectivity index (χ3n) is 5.22. The summed E-state index contributed by atoms with van der Waals surface area (Å²) < 4.78 is 17.6. The highest BCUT2D eigenvalue weighted by atomic mass is 16.6. The van der Waals surface area contributed by atoms with Crippen LogP contribution in [0.1, 0.15) is 24.6 Å². The van der Waals surface area contributed by atoms with E-state index >= 15 is 0 Å². The molecule has 12 nitrogen and oxygen atoms in total. The summed E-state index contributed by atoms with van der Waals surface area (Å²) in [5.74, 6) is -0.992. The average Bonchev–Trinajstić information content (AvgIpc) is 3.41. The van der Waals surface area contributed by atoms with Crippen molar-refractivity contribution < 1.29 is 34.0 Å². The summed E-state index contributed by atoms with van der Waals surface area (Å²) in [7, 11) is 1.46. The minimum atomic E-state index is -1.61. The van der Waals surface area contributed by atoms with E-state index < -0.39 is 48.6 Å². The first-order valence-electron chi connectivity index (χ1n) is 9.28. The monoisotopic (exact) mass is 419 g/mol. The molecule has 5 atom stereocenters. The number of nitrogens with zero attached hydrogens (tertiary/aromatic N) is 4. The van der Waals surface area contributed by atoms with E-state index in [2.05, 4.69) is 15.1 Å². The molecule has 0 radical (unpaired) electrons. The van der Waals surface area contributed by atoms with E-state index in [1.165, 1.54) is 24.1 Å². The molecule has 4 heterocycles. The van der Waals surface area contributed by atoms with E-state index in [0.717, 1.165) is 0 Å². The van der Waals surface area contributed by atoms with E-state index in [0.29, 0.717) is 11.2 Å². The Balaban J connectivity index is 1.58. The number of aliphatic hydroxyl groups excluding tert-OH is 2. The summed E-state index contributed by atoms with van der Waals surface area (Å²) in [5.41, 5.74) is 5.16. The first-order chi connectivity index (χ1) is 14.4. The van der Waals surface area contributed by atoms with Crippen LogP contribution in [-0.2, 0) is 23.8 Å². The Morgan fingerprint density at radius 1 is 1.50 bits per heavy atom. The van der Waals surface area contributed by atoms with Crippen molar-refractivity contribution in [3.05, 3.63) is 24.2 Å². The van der Waals surface area contributed by atoms with Gasteiger partial charge in [-0.25, -0.2) is 14.3 Å². The molecule has 4 N–H and O–H groups in total. The molecule has 2 aliphatic heterocycles. The lowest BCUT2D eigenvalue weighted by molar-refractivity contribution is -0.167. The lowest BCUT2D eigenvalue weighted by Crippen LogP contribution is -2.49. The van der Waals surface area contributed by atoms with Crippen LogP contribution < -0.4 is 5.73 Å². The van der Waals surface area contributed by atoms with Crippen molar-refractivity contribution in [2.45, 2.75) is 42.9 Å². The molecular formula is C18H21N5O7. The van der Waals surface area contributed by atoms with Crippen LogP contribution in [0.2, 0.25) is 0 Å². The maximum absolute atomic E-state index is 12.2. The fraction of sp³-hybridized carbons (Fsp3) is 0.500. The first kappa shape index (κ1) is 20.2. The van der Waals surface area contributed by atoms with Crippen LogP contribution in [0.5, 0.6) is 0 Å². The quantitative estimate of drug-likeness (QED) is 0.395. The molecule has 0 bridgehead atoms. The fourth-order valence-electron chi connectivity index (χ4n) is 3.70. The van der Waals surface area contributed by atoms with Gasteiger partial charge in [-0.3, -0.25) is 9.79 Å². The molecule has 2 fully saturated rings. The molecule has 0 amide bonds. The number of rotatable bonds is 5. The van der Waals surface area contributed by atoms with Gasteiger partial charge in [0.15, 0.2) is 17.5 Å². The number of esters is 2. The number of hydrogen-bond acceptors (Lipinski definition) is 11. The number of aromatic nitrogens is 3. The van der Waals surface area contributed by atoms with Gasteiger partial charge < -0.3 is 30.2 Å². The van der Waals surface area contributed by atoms with Crippen molar-refractivity contribution in [2.75, 3.05) is 19.4 Å². The zero-order valence-corrected chi connectivity index (χ0v) is 16.0. The minimum absolute atomic E-state index is 0.132. The van der Waals surface area contributed by atoms with Gasteiger partial charge >= 0.3 is 11.9 Å². The molecule has 0 unspecified atom stereocenters. The topological polar surface area (TPSA) is 171 Å². The van der Waals surface area contributed by atoms with E-state index in [1.807, 2.05) is 0 Å². The van der Waals surface area contributed by atoms with Gasteiger partial charge in [0.2, 0.25) is 0 Å². The number of aliphatic imine (C=N–C) groups is 1. The number of anilines is 1. The van der Waals surface area contributed by atoms with Crippen molar-refractivity contribution in [1.82, 2.24) is 14.6 Å². The zero-order valence-electron chi connectivity index (χ0n) is 16.0. The van der Waals surface area contributed by atoms with Crippen LogP contribution in [0.25, 0.3) is 5.52 Å². The molecule has 2 aromatic rings. The number of carbonyl (C=O) groups excluding carboxylic acids is 2. The molecule has 160 valence electrons. The molecule has 0 saturated carbocycles. The van der Waals surface area contributed by atoms with Crippen LogP contribution in [0.15, 0.2) is 23.5 Å². The average molecular weight is 419 g/mol. The molecule has 0 spiro atoms. The summed E-state index contributed by atoms with van der Waals surface area (Å²) in [4.78, 5) is 31.3. The van der Waals surface area contributed by atoms with Gasteiger partial charge in [0.1, 0.15) is 36.8 Å². The van der Waals surface area contributed by atoms with Crippen LogP contribution in [0, 0.1) is 0 Å². The van der Waals surface area contributed by atoms with Crippen LogP contribution in [0.3, 0.4) is 0 Å². The van der Waals surface area contributed by atoms with E-state index in [-0.39, 0.29) is 18.7 Å². The van der Waals surface area contributed by atoms with Crippen LogP contribution >= 0.6 is 0 Å². The standard InChI is InChI=1S/C18H21N5O7/c1-20-6-18(7-28-17(27)11-4-5-12(24)29-11)15(26)13(25)14(30-18)9-2-3-10-16(19)21-8-22-23(9)10/h2-3,6,8,11,13-15,25-26H,4-5,7H2,1H3,(H2,19,21,22)/t11-,13+,14+,15+,18-/m1/s1. The van der Waals surface area contributed by atoms with Gasteiger partial charge in [0, 0.05) is 26.1 Å². The van der Waals surface area contributed by atoms with Crippen molar-refractivity contribution in [3.63, 3.8) is 0 Å². The second kappa shape index (κ2) is 7.63. The van der Waals surface area contributed by atoms with Gasteiger partial charge in [0.05, 0.1) is 5.69 Å². The Morgan fingerprint density at radius 2 is 2.30 bits per heavy atom. The van der Waals surface area contributed by atoms with E-state index in [1.54, 1.807) is 12.1 Å². The van der Waals surface area contributed by atoms with Gasteiger partial charge in [0.25, 0.3) is 0 Å². The molecule has 30 heavy (non-hydrogen) atoms. The van der Waals surface area contributed by atoms with Crippen molar-refractivity contribution >= 4 is 29.5 Å². The highest BCUT2D eigenvalue weighted by Crippen LogP contribution is 2.40. The SMILES string of the molecule is CN=C[C@]1(COC(=O)[C@H]2CCC(=O)O2)O[C@@H](c2ccc3c(N)ncnn23)[C@H](O)[C@@H]1O. The minimum Gasteiger partial charge on any atom is -0.459 e. The number of carbonyl (C=O) groups is 2. The van der Waals surface area contributed by atoms with Gasteiger partial charge in [-0.05, 0) is 12.1 Å². The summed E-state index contributed by atoms with van der Waals surface area (Å²) >= 11 is 0. The Kier molecular flexibility index (Phi) is 5.13. The summed E-state index contributed by atoms with van der Waals surface area (Å²) in [5, 5.41) is 25.6. The number of hydrogen-bond donors (Lipinski definition) is 3. The number of cyclic esters (lactones) is 1. The van der Waals surface area contributed by atoms with Crippen molar-refractivity contribution in [1.29, 1.82) is 0 Å². The third kappa shape index (κ3) is 3.28. The molecule has 2 aromatic heterocycles. The Labute approximate surface area is 170 Å². The highest BCUT2D eigenvalue weighted by Gasteiger charge is 2.55. The number of fused-ring (bicyclic) bond motifs is 1. The Morgan fingerprint density at radius 3 is 3.00 bits per heavy atom. The van der Waals surface area contributed by atoms with E-state index in [9.17, 15) is 19.8 Å². The third-order valence-corrected chi connectivity index (χ3v) is 5.22. The maximum atomic E-state index is 12.2. The Bertz CT molecular complexity index is 1010. The maximum Gasteiger partial charge on any atom is 0.347 e. The highest BCUT2D eigenvalue weighted by molar-refractivity contribution is 5.83. The molecule has 4 rings (SSSR count). The van der Waals surface area contributed by atoms with Gasteiger partial charge in [-0.15, -0.1) is 0 Å². The number of ether oxygens (including phenoxy) is 3. The van der Waals surface area contributed by atoms with Crippen LogP contribution in [0.4, 0.5) is 5.82 Å². The largest absolute Gasteiger partial charge is 0.459 e. The number of nitrogen functional groups attached to an aromatic ring is 1. The zero-order chi connectivity index (χ0) is 21.5. The molecule has 0 aromatic carbocycles. The predicted molar refractivity (Wildman–Crippen MR) is 100 cm³/mol. The second-order valence-corrected chi connectivity index (χ2v) is 7.14. The molecule has 2 saturated heterocycles. The second-order valence-electron chi connectivity index (χ2n) is 7.14. The van der Waals surface area contributed by atoms with Crippen molar-refractivity contribution in [2.24, 2.45) is 4.99 Å². The molecule has 0 aliphatic carbocycles. The number of aliphatic hydroxyl groups is 2. The fourth-order valence-corrected chi connectivity index (χ4v) is 3.70. The molecule has 2 aliphatic rings. The lowest BCUT2D eigenvalue weighted by atomic mass is 9.95. The lowest BCUT2D eigenvalue weighted by Gasteiger charge is -2.27. The summed E-state index contributed by atoms with van der Waals surface area (Å²) in [6.45, 7) is -0.438. The predicted octanol–water partition coefficient (Wildman–Crippen LogP) is -1.21. The Hall–Kier alpha value is -3.09.